The molecule has 1 aliphatic carbocycles. The van der Waals surface area contributed by atoms with Crippen molar-refractivity contribution in [2.75, 3.05) is 6.54 Å². The molecule has 1 saturated carbocycles. The summed E-state index contributed by atoms with van der Waals surface area (Å²) >= 11 is 0. The normalized spacial score (nSPS) is 20.0. The number of nitrogens with zero attached hydrogens (tertiary/aromatic N) is 3. The average molecular weight is 340 g/mol. The molecular formula is C18H20N4O3. The maximum atomic E-state index is 12.1. The Labute approximate surface area is 145 Å². The van der Waals surface area contributed by atoms with Gasteiger partial charge in [-0.1, -0.05) is 18.2 Å². The van der Waals surface area contributed by atoms with Crippen LogP contribution in [0.4, 0.5) is 0 Å². The summed E-state index contributed by atoms with van der Waals surface area (Å²) in [5.41, 5.74) is 0.688. The molecule has 0 radical (unpaired) electrons. The number of amides is 1. The molecule has 3 rings (SSSR count). The molecule has 7 nitrogen and oxygen atoms in total. The van der Waals surface area contributed by atoms with Crippen LogP contribution in [0.3, 0.4) is 0 Å². The Morgan fingerprint density at radius 1 is 1.28 bits per heavy atom. The molecule has 0 unspecified atom stereocenters. The molecular weight excluding hydrogens is 320 g/mol. The molecule has 130 valence electrons. The third kappa shape index (κ3) is 4.35. The first-order chi connectivity index (χ1) is 12.2. The first kappa shape index (κ1) is 17.0. The molecule has 1 aromatic heterocycles. The molecule has 1 aliphatic rings. The van der Waals surface area contributed by atoms with Gasteiger partial charge in [-0.15, -0.1) is 5.10 Å². The van der Waals surface area contributed by atoms with E-state index >= 15 is 0 Å². The molecule has 1 aromatic carbocycles. The first-order valence-electron chi connectivity index (χ1n) is 8.45. The number of hydrogen-bond acceptors (Lipinski definition) is 5. The Hall–Kier alpha value is -2.88. The molecule has 1 N–H and O–H groups in total. The van der Waals surface area contributed by atoms with Crippen molar-refractivity contribution in [2.24, 2.45) is 11.8 Å². The van der Waals surface area contributed by atoms with Crippen molar-refractivity contribution in [1.29, 1.82) is 5.26 Å². The summed E-state index contributed by atoms with van der Waals surface area (Å²) < 4.78 is 6.14. The number of hydrogen-bond donors (Lipinski definition) is 1. The Kier molecular flexibility index (Phi) is 5.29. The number of benzene rings is 1. The van der Waals surface area contributed by atoms with E-state index in [1.807, 2.05) is 18.2 Å². The van der Waals surface area contributed by atoms with Crippen molar-refractivity contribution in [2.45, 2.75) is 32.2 Å². The van der Waals surface area contributed by atoms with Gasteiger partial charge in [0, 0.05) is 18.0 Å². The topological polar surface area (TPSA) is 101 Å². The van der Waals surface area contributed by atoms with Crippen LogP contribution in [0.1, 0.15) is 25.7 Å². The second kappa shape index (κ2) is 7.79. The van der Waals surface area contributed by atoms with Crippen molar-refractivity contribution in [3.8, 4) is 17.5 Å². The lowest BCUT2D eigenvalue weighted by atomic mass is 9.83. The molecule has 1 heterocycles. The second-order valence-electron chi connectivity index (χ2n) is 6.35. The quantitative estimate of drug-likeness (QED) is 0.896. The number of carbonyl (C=O) groups excluding carboxylic acids is 1. The van der Waals surface area contributed by atoms with Crippen LogP contribution in [0, 0.1) is 23.2 Å². The van der Waals surface area contributed by atoms with E-state index in [-0.39, 0.29) is 24.3 Å². The van der Waals surface area contributed by atoms with Crippen LogP contribution in [0.5, 0.6) is 0 Å². The number of nitriles is 1. The van der Waals surface area contributed by atoms with Gasteiger partial charge in [0.25, 0.3) is 0 Å². The fourth-order valence-corrected chi connectivity index (χ4v) is 3.05. The smallest absolute Gasteiger partial charge is 0.388 e. The number of rotatable bonds is 5. The highest BCUT2D eigenvalue weighted by Crippen LogP contribution is 2.27. The van der Waals surface area contributed by atoms with Gasteiger partial charge in [-0.2, -0.15) is 9.94 Å². The maximum Gasteiger partial charge on any atom is 0.437 e. The van der Waals surface area contributed by atoms with Crippen molar-refractivity contribution in [3.63, 3.8) is 0 Å². The van der Waals surface area contributed by atoms with E-state index in [1.54, 1.807) is 12.1 Å². The third-order valence-corrected chi connectivity index (χ3v) is 4.54. The number of carbonyl (C=O) groups is 1. The third-order valence-electron chi connectivity index (χ3n) is 4.54. The van der Waals surface area contributed by atoms with E-state index < -0.39 is 5.76 Å². The van der Waals surface area contributed by atoms with Crippen LogP contribution >= 0.6 is 0 Å². The fourth-order valence-electron chi connectivity index (χ4n) is 3.05. The highest BCUT2D eigenvalue weighted by atomic mass is 16.4. The van der Waals surface area contributed by atoms with Gasteiger partial charge in [-0.05, 0) is 43.7 Å². The highest BCUT2D eigenvalue weighted by molar-refractivity contribution is 5.75. The van der Waals surface area contributed by atoms with Gasteiger partial charge in [-0.3, -0.25) is 4.79 Å². The largest absolute Gasteiger partial charge is 0.437 e. The average Bonchev–Trinajstić information content (AvgIpc) is 3.01. The molecule has 0 saturated heterocycles. The van der Waals surface area contributed by atoms with Gasteiger partial charge in [0.15, 0.2) is 0 Å². The lowest BCUT2D eigenvalue weighted by molar-refractivity contribution is -0.122. The summed E-state index contributed by atoms with van der Waals surface area (Å²) in [6, 6.07) is 11.4. The maximum absolute atomic E-state index is 12.1. The summed E-state index contributed by atoms with van der Waals surface area (Å²) in [5.74, 6) is -0.172. The van der Waals surface area contributed by atoms with E-state index in [2.05, 4.69) is 16.5 Å². The molecule has 25 heavy (non-hydrogen) atoms. The molecule has 1 fully saturated rings. The monoisotopic (exact) mass is 340 g/mol. The first-order valence-corrected chi connectivity index (χ1v) is 8.45. The number of aromatic nitrogens is 2. The van der Waals surface area contributed by atoms with E-state index in [0.29, 0.717) is 18.0 Å². The zero-order valence-electron chi connectivity index (χ0n) is 13.9. The van der Waals surface area contributed by atoms with Gasteiger partial charge >= 0.3 is 5.76 Å². The van der Waals surface area contributed by atoms with E-state index in [9.17, 15) is 9.59 Å². The predicted octanol–water partition coefficient (Wildman–Crippen LogP) is 1.95. The van der Waals surface area contributed by atoms with Crippen LogP contribution < -0.4 is 11.1 Å². The molecule has 2 aromatic rings. The van der Waals surface area contributed by atoms with E-state index in [4.69, 9.17) is 9.68 Å². The van der Waals surface area contributed by atoms with Gasteiger partial charge in [0.2, 0.25) is 11.8 Å². The molecule has 0 bridgehead atoms. The minimum absolute atomic E-state index is 0.150. The minimum Gasteiger partial charge on any atom is -0.388 e. The zero-order valence-corrected chi connectivity index (χ0v) is 13.9. The van der Waals surface area contributed by atoms with E-state index in [1.165, 1.54) is 0 Å². The van der Waals surface area contributed by atoms with Crippen LogP contribution in [-0.2, 0) is 11.3 Å². The second-order valence-corrected chi connectivity index (χ2v) is 6.35. The van der Waals surface area contributed by atoms with Gasteiger partial charge in [-0.25, -0.2) is 4.79 Å². The van der Waals surface area contributed by atoms with Crippen molar-refractivity contribution >= 4 is 5.91 Å². The fraction of sp³-hybridized carbons (Fsp3) is 0.444. The zero-order chi connectivity index (χ0) is 17.6. The number of nitrogens with one attached hydrogen (secondary N) is 1. The minimum atomic E-state index is -0.650. The Morgan fingerprint density at radius 2 is 2.00 bits per heavy atom. The molecule has 1 amide bonds. The molecule has 7 heteroatoms. The van der Waals surface area contributed by atoms with Gasteiger partial charge < -0.3 is 9.73 Å². The lowest BCUT2D eigenvalue weighted by Crippen LogP contribution is -2.35. The van der Waals surface area contributed by atoms with Gasteiger partial charge in [0.1, 0.15) is 6.54 Å². The van der Waals surface area contributed by atoms with Crippen molar-refractivity contribution < 1.29 is 9.21 Å². The van der Waals surface area contributed by atoms with E-state index in [0.717, 1.165) is 30.4 Å². The standard InChI is InChI=1S/C18H20N4O3/c19-10-13-6-8-14(9-7-13)11-20-16(23)12-22-18(24)25-17(21-22)15-4-2-1-3-5-15/h1-5,13-14H,6-9,11-12H2,(H,20,23). The predicted molar refractivity (Wildman–Crippen MR) is 90.3 cm³/mol. The summed E-state index contributed by atoms with van der Waals surface area (Å²) in [4.78, 5) is 23.9. The van der Waals surface area contributed by atoms with Crippen LogP contribution in [0.25, 0.3) is 11.5 Å². The Bertz CT molecular complexity index is 811. The SMILES string of the molecule is N#CC1CCC(CNC(=O)Cn2nc(-c3ccccc3)oc2=O)CC1. The molecule has 0 aliphatic heterocycles. The summed E-state index contributed by atoms with van der Waals surface area (Å²) in [5, 5.41) is 15.8. The Balaban J connectivity index is 1.53. The van der Waals surface area contributed by atoms with Crippen LogP contribution in [0.2, 0.25) is 0 Å². The summed E-state index contributed by atoms with van der Waals surface area (Å²) in [6.07, 6.45) is 3.67. The van der Waals surface area contributed by atoms with Crippen molar-refractivity contribution in [1.82, 2.24) is 15.1 Å². The van der Waals surface area contributed by atoms with Gasteiger partial charge in [0.05, 0.1) is 6.07 Å². The summed E-state index contributed by atoms with van der Waals surface area (Å²) in [6.45, 7) is 0.401. The summed E-state index contributed by atoms with van der Waals surface area (Å²) in [7, 11) is 0. The van der Waals surface area contributed by atoms with Crippen molar-refractivity contribution in [3.05, 3.63) is 40.9 Å². The van der Waals surface area contributed by atoms with Crippen LogP contribution in [-0.4, -0.2) is 22.2 Å². The molecule has 0 spiro atoms. The van der Waals surface area contributed by atoms with Crippen LogP contribution in [0.15, 0.2) is 39.5 Å². The highest BCUT2D eigenvalue weighted by Gasteiger charge is 2.21. The molecule has 0 atom stereocenters. The lowest BCUT2D eigenvalue weighted by Gasteiger charge is -2.24. The Morgan fingerprint density at radius 3 is 2.68 bits per heavy atom.